The third-order valence-electron chi connectivity index (χ3n) is 2.08. The molecule has 0 aliphatic rings. The van der Waals surface area contributed by atoms with Gasteiger partial charge in [-0.1, -0.05) is 0 Å². The van der Waals surface area contributed by atoms with Crippen molar-refractivity contribution in [1.82, 2.24) is 4.98 Å². The Morgan fingerprint density at radius 2 is 2.35 bits per heavy atom. The van der Waals surface area contributed by atoms with Crippen molar-refractivity contribution in [1.29, 1.82) is 0 Å². The fraction of sp³-hybridized carbons (Fsp3) is 0.455. The zero-order valence-electron chi connectivity index (χ0n) is 9.88. The Balaban J connectivity index is 2.37. The van der Waals surface area contributed by atoms with Gasteiger partial charge in [0.15, 0.2) is 0 Å². The number of nitrogens with zero attached hydrogens (tertiary/aromatic N) is 1. The first-order valence-corrected chi connectivity index (χ1v) is 6.23. The molecule has 1 aromatic rings. The number of esters is 1. The SMILES string of the molecule is COC(=O)[C@@H](N)CSCc1cc(OC)ccn1. The second-order valence-corrected chi connectivity index (χ2v) is 4.36. The molecule has 0 spiro atoms. The second kappa shape index (κ2) is 7.13. The van der Waals surface area contributed by atoms with Crippen LogP contribution < -0.4 is 10.5 Å². The van der Waals surface area contributed by atoms with E-state index in [9.17, 15) is 4.79 Å². The lowest BCUT2D eigenvalue weighted by atomic mass is 10.3. The van der Waals surface area contributed by atoms with Crippen LogP contribution in [0.5, 0.6) is 5.75 Å². The Morgan fingerprint density at radius 1 is 1.59 bits per heavy atom. The Kier molecular flexibility index (Phi) is 5.79. The summed E-state index contributed by atoms with van der Waals surface area (Å²) < 4.78 is 9.63. The molecule has 0 bridgehead atoms. The van der Waals surface area contributed by atoms with Crippen LogP contribution in [0.1, 0.15) is 5.69 Å². The van der Waals surface area contributed by atoms with Crippen molar-refractivity contribution in [3.05, 3.63) is 24.0 Å². The lowest BCUT2D eigenvalue weighted by molar-refractivity contribution is -0.141. The van der Waals surface area contributed by atoms with Crippen LogP contribution in [0.25, 0.3) is 0 Å². The number of hydrogen-bond acceptors (Lipinski definition) is 6. The quantitative estimate of drug-likeness (QED) is 0.760. The Labute approximate surface area is 105 Å². The third-order valence-corrected chi connectivity index (χ3v) is 3.17. The lowest BCUT2D eigenvalue weighted by Gasteiger charge is -2.08. The summed E-state index contributed by atoms with van der Waals surface area (Å²) in [6.45, 7) is 0. The molecule has 0 unspecified atom stereocenters. The van der Waals surface area contributed by atoms with Gasteiger partial charge in [0, 0.05) is 23.8 Å². The molecule has 0 aliphatic heterocycles. The number of hydrogen-bond donors (Lipinski definition) is 1. The molecule has 0 radical (unpaired) electrons. The molecule has 6 heteroatoms. The van der Waals surface area contributed by atoms with Crippen molar-refractivity contribution in [2.45, 2.75) is 11.8 Å². The molecule has 0 fully saturated rings. The number of carbonyl (C=O) groups excluding carboxylic acids is 1. The van der Waals surface area contributed by atoms with Crippen molar-refractivity contribution in [2.75, 3.05) is 20.0 Å². The van der Waals surface area contributed by atoms with Crippen LogP contribution >= 0.6 is 11.8 Å². The zero-order chi connectivity index (χ0) is 12.7. The maximum absolute atomic E-state index is 11.1. The van der Waals surface area contributed by atoms with Crippen LogP contribution in [0.4, 0.5) is 0 Å². The molecule has 0 aliphatic carbocycles. The fourth-order valence-electron chi connectivity index (χ4n) is 1.17. The molecule has 0 amide bonds. The average Bonchev–Trinajstić information content (AvgIpc) is 2.37. The van der Waals surface area contributed by atoms with Gasteiger partial charge in [0.25, 0.3) is 0 Å². The van der Waals surface area contributed by atoms with Crippen LogP contribution in [0.15, 0.2) is 18.3 Å². The first-order valence-electron chi connectivity index (χ1n) is 5.07. The number of thioether (sulfide) groups is 1. The van der Waals surface area contributed by atoms with Crippen molar-refractivity contribution in [2.24, 2.45) is 5.73 Å². The summed E-state index contributed by atoms with van der Waals surface area (Å²) in [7, 11) is 2.94. The standard InChI is InChI=1S/C11H16N2O3S/c1-15-9-3-4-13-8(5-9)6-17-7-10(12)11(14)16-2/h3-5,10H,6-7,12H2,1-2H3/t10-/m0/s1. The highest BCUT2D eigenvalue weighted by atomic mass is 32.2. The minimum Gasteiger partial charge on any atom is -0.497 e. The molecule has 17 heavy (non-hydrogen) atoms. The van der Waals surface area contributed by atoms with E-state index in [0.29, 0.717) is 11.5 Å². The number of nitrogens with two attached hydrogens (primary N) is 1. The third kappa shape index (κ3) is 4.62. The highest BCUT2D eigenvalue weighted by molar-refractivity contribution is 7.98. The predicted octanol–water partition coefficient (Wildman–Crippen LogP) is 0.824. The van der Waals surface area contributed by atoms with Gasteiger partial charge in [0.2, 0.25) is 0 Å². The molecule has 1 atom stereocenters. The number of pyridine rings is 1. The monoisotopic (exact) mass is 256 g/mol. The van der Waals surface area contributed by atoms with Crippen LogP contribution in [-0.4, -0.2) is 37.0 Å². The molecule has 1 heterocycles. The molecule has 0 aromatic carbocycles. The van der Waals surface area contributed by atoms with Crippen LogP contribution in [0.3, 0.4) is 0 Å². The van der Waals surface area contributed by atoms with E-state index in [4.69, 9.17) is 10.5 Å². The summed E-state index contributed by atoms with van der Waals surface area (Å²) in [5.74, 6) is 1.57. The topological polar surface area (TPSA) is 74.4 Å². The molecule has 0 saturated carbocycles. The second-order valence-electron chi connectivity index (χ2n) is 3.33. The minimum atomic E-state index is -0.587. The van der Waals surface area contributed by atoms with Gasteiger partial charge in [-0.05, 0) is 6.07 Å². The number of carbonyl (C=O) groups is 1. The van der Waals surface area contributed by atoms with Crippen molar-refractivity contribution in [3.8, 4) is 5.75 Å². The van der Waals surface area contributed by atoms with E-state index in [2.05, 4.69) is 9.72 Å². The molecule has 5 nitrogen and oxygen atoms in total. The lowest BCUT2D eigenvalue weighted by Crippen LogP contribution is -2.33. The molecule has 1 aromatic heterocycles. The van der Waals surface area contributed by atoms with Gasteiger partial charge in [-0.3, -0.25) is 9.78 Å². The van der Waals surface area contributed by atoms with Gasteiger partial charge in [-0.15, -0.1) is 0 Å². The van der Waals surface area contributed by atoms with E-state index in [1.807, 2.05) is 6.07 Å². The summed E-state index contributed by atoms with van der Waals surface area (Å²) in [6.07, 6.45) is 1.69. The number of methoxy groups -OCH3 is 2. The molecule has 2 N–H and O–H groups in total. The number of rotatable bonds is 6. The van der Waals surface area contributed by atoms with Gasteiger partial charge in [-0.2, -0.15) is 11.8 Å². The average molecular weight is 256 g/mol. The van der Waals surface area contributed by atoms with Crippen LogP contribution in [-0.2, 0) is 15.3 Å². The molecule has 1 rings (SSSR count). The highest BCUT2D eigenvalue weighted by Crippen LogP contribution is 2.15. The van der Waals surface area contributed by atoms with Crippen molar-refractivity contribution in [3.63, 3.8) is 0 Å². The first-order chi connectivity index (χ1) is 8.17. The fourth-order valence-corrected chi connectivity index (χ4v) is 2.05. The van der Waals surface area contributed by atoms with Crippen LogP contribution in [0.2, 0.25) is 0 Å². The largest absolute Gasteiger partial charge is 0.497 e. The van der Waals surface area contributed by atoms with Gasteiger partial charge < -0.3 is 15.2 Å². The number of ether oxygens (including phenoxy) is 2. The summed E-state index contributed by atoms with van der Waals surface area (Å²) in [5.41, 5.74) is 6.50. The van der Waals surface area contributed by atoms with Gasteiger partial charge >= 0.3 is 5.97 Å². The smallest absolute Gasteiger partial charge is 0.323 e. The molecular weight excluding hydrogens is 240 g/mol. The molecule has 94 valence electrons. The zero-order valence-corrected chi connectivity index (χ0v) is 10.7. The highest BCUT2D eigenvalue weighted by Gasteiger charge is 2.13. The van der Waals surface area contributed by atoms with E-state index in [-0.39, 0.29) is 0 Å². The Bertz CT molecular complexity index is 373. The van der Waals surface area contributed by atoms with Crippen LogP contribution in [0, 0.1) is 0 Å². The van der Waals surface area contributed by atoms with E-state index in [1.54, 1.807) is 19.4 Å². The minimum absolute atomic E-state index is 0.392. The number of aromatic nitrogens is 1. The summed E-state index contributed by atoms with van der Waals surface area (Å²) in [4.78, 5) is 15.2. The normalized spacial score (nSPS) is 11.9. The van der Waals surface area contributed by atoms with Gasteiger partial charge in [0.1, 0.15) is 11.8 Å². The Hall–Kier alpha value is -1.27. The van der Waals surface area contributed by atoms with Crippen molar-refractivity contribution >= 4 is 17.7 Å². The van der Waals surface area contributed by atoms with E-state index in [0.717, 1.165) is 11.4 Å². The maximum atomic E-state index is 11.1. The molecule has 0 saturated heterocycles. The summed E-state index contributed by atoms with van der Waals surface area (Å²) in [5, 5.41) is 0. The van der Waals surface area contributed by atoms with E-state index < -0.39 is 12.0 Å². The maximum Gasteiger partial charge on any atom is 0.323 e. The Morgan fingerprint density at radius 3 is 3.00 bits per heavy atom. The van der Waals surface area contributed by atoms with Crippen molar-refractivity contribution < 1.29 is 14.3 Å². The first kappa shape index (κ1) is 13.8. The van der Waals surface area contributed by atoms with Gasteiger partial charge in [0.05, 0.1) is 19.9 Å². The summed E-state index contributed by atoms with van der Waals surface area (Å²) >= 11 is 1.53. The van der Waals surface area contributed by atoms with E-state index >= 15 is 0 Å². The molecular formula is C11H16N2O3S. The van der Waals surface area contributed by atoms with E-state index in [1.165, 1.54) is 18.9 Å². The summed E-state index contributed by atoms with van der Waals surface area (Å²) in [6, 6.07) is 3.06. The predicted molar refractivity (Wildman–Crippen MR) is 66.9 cm³/mol. The van der Waals surface area contributed by atoms with Gasteiger partial charge in [-0.25, -0.2) is 0 Å².